The van der Waals surface area contributed by atoms with Crippen LogP contribution in [0.5, 0.6) is 11.5 Å². The average molecular weight is 374 g/mol. The molecule has 0 aromatic heterocycles. The van der Waals surface area contributed by atoms with E-state index in [0.717, 1.165) is 6.42 Å². The number of fused-ring (bicyclic) bond motifs is 1. The number of benzene rings is 1. The van der Waals surface area contributed by atoms with Gasteiger partial charge in [0, 0.05) is 6.42 Å². The predicted molar refractivity (Wildman–Crippen MR) is 90.6 cm³/mol. The Hall–Kier alpha value is -1.47. The van der Waals surface area contributed by atoms with Gasteiger partial charge in [-0.3, -0.25) is 4.79 Å². The fourth-order valence-electron chi connectivity index (χ4n) is 3.06. The highest BCUT2D eigenvalue weighted by Crippen LogP contribution is 2.38. The minimum atomic E-state index is -3.07. The van der Waals surface area contributed by atoms with Crippen LogP contribution in [0, 0.1) is 0 Å². The number of ether oxygens (including phenoxy) is 2. The van der Waals surface area contributed by atoms with Gasteiger partial charge in [-0.25, -0.2) is 8.42 Å². The van der Waals surface area contributed by atoms with E-state index in [4.69, 9.17) is 21.1 Å². The van der Waals surface area contributed by atoms with Crippen LogP contribution in [-0.2, 0) is 21.1 Å². The van der Waals surface area contributed by atoms with Crippen molar-refractivity contribution in [2.75, 3.05) is 24.7 Å². The maximum atomic E-state index is 12.3. The summed E-state index contributed by atoms with van der Waals surface area (Å²) in [6.45, 7) is 2.84. The van der Waals surface area contributed by atoms with Crippen LogP contribution in [0.4, 0.5) is 0 Å². The maximum Gasteiger partial charge on any atom is 0.224 e. The van der Waals surface area contributed by atoms with Gasteiger partial charge in [0.25, 0.3) is 0 Å². The lowest BCUT2D eigenvalue weighted by Crippen LogP contribution is -2.47. The summed E-state index contributed by atoms with van der Waals surface area (Å²) in [5.74, 6) is 0.901. The number of amides is 1. The molecule has 3 rings (SSSR count). The standard InChI is InChI=1S/C16H20ClNO5S/c1-16(3-6-24(20,21)10-16)18-14(19)9-11-7-12(17)15-13(8-11)22-4-2-5-23-15/h7-8H,2-6,9-10H2,1H3,(H,18,19)/t16-/m0/s1. The van der Waals surface area contributed by atoms with E-state index in [2.05, 4.69) is 5.32 Å². The number of carbonyl (C=O) groups excluding carboxylic acids is 1. The molecule has 2 aliphatic rings. The molecule has 1 saturated heterocycles. The highest BCUT2D eigenvalue weighted by Gasteiger charge is 2.39. The molecule has 1 aromatic carbocycles. The number of nitrogens with one attached hydrogen (secondary N) is 1. The summed E-state index contributed by atoms with van der Waals surface area (Å²) in [6, 6.07) is 3.43. The van der Waals surface area contributed by atoms with E-state index in [1.165, 1.54) is 0 Å². The van der Waals surface area contributed by atoms with Crippen LogP contribution in [0.1, 0.15) is 25.3 Å². The Labute approximate surface area is 146 Å². The SMILES string of the molecule is C[C@]1(NC(=O)Cc2cc(Cl)c3c(c2)OCCCO3)CCS(=O)(=O)C1. The zero-order valence-corrected chi connectivity index (χ0v) is 15.0. The number of halogens is 1. The maximum absolute atomic E-state index is 12.3. The Balaban J connectivity index is 1.71. The molecular weight excluding hydrogens is 354 g/mol. The van der Waals surface area contributed by atoms with Gasteiger partial charge in [0.05, 0.1) is 41.7 Å². The van der Waals surface area contributed by atoms with E-state index in [9.17, 15) is 13.2 Å². The molecule has 1 N–H and O–H groups in total. The van der Waals surface area contributed by atoms with E-state index in [1.54, 1.807) is 19.1 Å². The third-order valence-corrected chi connectivity index (χ3v) is 6.36. The van der Waals surface area contributed by atoms with Crippen LogP contribution in [0.25, 0.3) is 0 Å². The fourth-order valence-corrected chi connectivity index (χ4v) is 5.44. The van der Waals surface area contributed by atoms with Crippen molar-refractivity contribution in [3.8, 4) is 11.5 Å². The van der Waals surface area contributed by atoms with Crippen molar-refractivity contribution in [2.45, 2.75) is 31.7 Å². The summed E-state index contributed by atoms with van der Waals surface area (Å²) >= 11 is 6.22. The van der Waals surface area contributed by atoms with Gasteiger partial charge in [0.15, 0.2) is 21.3 Å². The molecule has 0 saturated carbocycles. The average Bonchev–Trinajstić information content (AvgIpc) is 2.64. The smallest absolute Gasteiger partial charge is 0.224 e. The normalized spacial score (nSPS) is 25.1. The van der Waals surface area contributed by atoms with E-state index >= 15 is 0 Å². The second-order valence-corrected chi connectivity index (χ2v) is 9.17. The number of rotatable bonds is 3. The first-order valence-corrected chi connectivity index (χ1v) is 10.1. The molecule has 0 aliphatic carbocycles. The van der Waals surface area contributed by atoms with Crippen molar-refractivity contribution in [2.24, 2.45) is 0 Å². The highest BCUT2D eigenvalue weighted by molar-refractivity contribution is 7.91. The molecule has 24 heavy (non-hydrogen) atoms. The molecule has 1 aromatic rings. The molecule has 0 spiro atoms. The van der Waals surface area contributed by atoms with Crippen molar-refractivity contribution < 1.29 is 22.7 Å². The molecule has 132 valence electrons. The molecule has 8 heteroatoms. The summed E-state index contributed by atoms with van der Waals surface area (Å²) in [7, 11) is -3.07. The fraction of sp³-hybridized carbons (Fsp3) is 0.562. The van der Waals surface area contributed by atoms with Crippen LogP contribution >= 0.6 is 11.6 Å². The molecule has 0 bridgehead atoms. The molecule has 2 heterocycles. The number of sulfone groups is 1. The largest absolute Gasteiger partial charge is 0.489 e. The van der Waals surface area contributed by atoms with Crippen LogP contribution in [0.3, 0.4) is 0 Å². The molecule has 1 atom stereocenters. The summed E-state index contributed by atoms with van der Waals surface area (Å²) in [4.78, 5) is 12.3. The van der Waals surface area contributed by atoms with Crippen LogP contribution in [0.15, 0.2) is 12.1 Å². The van der Waals surface area contributed by atoms with E-state index in [0.29, 0.717) is 41.7 Å². The lowest BCUT2D eigenvalue weighted by atomic mass is 10.0. The van der Waals surface area contributed by atoms with E-state index in [1.807, 2.05) is 0 Å². The van der Waals surface area contributed by atoms with Gasteiger partial charge in [-0.05, 0) is 31.0 Å². The molecule has 1 amide bonds. The van der Waals surface area contributed by atoms with Gasteiger partial charge in [0.1, 0.15) is 0 Å². The summed E-state index contributed by atoms with van der Waals surface area (Å²) < 4.78 is 34.4. The van der Waals surface area contributed by atoms with Crippen molar-refractivity contribution in [3.63, 3.8) is 0 Å². The summed E-state index contributed by atoms with van der Waals surface area (Å²) in [5, 5.41) is 3.25. The van der Waals surface area contributed by atoms with E-state index in [-0.39, 0.29) is 23.8 Å². The summed E-state index contributed by atoms with van der Waals surface area (Å²) in [6.07, 6.45) is 1.31. The zero-order valence-electron chi connectivity index (χ0n) is 13.4. The number of hydrogen-bond donors (Lipinski definition) is 1. The topological polar surface area (TPSA) is 81.7 Å². The molecule has 1 fully saturated rings. The molecule has 6 nitrogen and oxygen atoms in total. The van der Waals surface area contributed by atoms with Crippen molar-refractivity contribution in [3.05, 3.63) is 22.7 Å². The minimum absolute atomic E-state index is 0.0202. The molecule has 0 radical (unpaired) electrons. The van der Waals surface area contributed by atoms with Gasteiger partial charge in [-0.15, -0.1) is 0 Å². The van der Waals surface area contributed by atoms with Gasteiger partial charge in [-0.1, -0.05) is 11.6 Å². The third kappa shape index (κ3) is 3.95. The van der Waals surface area contributed by atoms with Crippen molar-refractivity contribution >= 4 is 27.3 Å². The number of carbonyl (C=O) groups is 1. The Morgan fingerprint density at radius 2 is 2.08 bits per heavy atom. The second-order valence-electron chi connectivity index (χ2n) is 6.58. The Bertz CT molecular complexity index is 764. The lowest BCUT2D eigenvalue weighted by molar-refractivity contribution is -0.121. The van der Waals surface area contributed by atoms with Crippen LogP contribution in [0.2, 0.25) is 5.02 Å². The Morgan fingerprint density at radius 1 is 1.33 bits per heavy atom. The number of hydrogen-bond acceptors (Lipinski definition) is 5. The Morgan fingerprint density at radius 3 is 2.79 bits per heavy atom. The van der Waals surface area contributed by atoms with Crippen LogP contribution in [-0.4, -0.2) is 44.6 Å². The van der Waals surface area contributed by atoms with Crippen molar-refractivity contribution in [1.82, 2.24) is 5.32 Å². The summed E-state index contributed by atoms with van der Waals surface area (Å²) in [5.41, 5.74) is -0.00317. The van der Waals surface area contributed by atoms with Crippen molar-refractivity contribution in [1.29, 1.82) is 0 Å². The lowest BCUT2D eigenvalue weighted by Gasteiger charge is -2.24. The van der Waals surface area contributed by atoms with Gasteiger partial charge in [-0.2, -0.15) is 0 Å². The second kappa shape index (κ2) is 6.44. The van der Waals surface area contributed by atoms with Gasteiger partial charge < -0.3 is 14.8 Å². The molecular formula is C16H20ClNO5S. The van der Waals surface area contributed by atoms with Crippen LogP contribution < -0.4 is 14.8 Å². The first-order valence-electron chi connectivity index (χ1n) is 7.86. The predicted octanol–water partition coefficient (Wildman–Crippen LogP) is 1.74. The Kier molecular flexibility index (Phi) is 4.66. The third-order valence-electron chi connectivity index (χ3n) is 4.17. The van der Waals surface area contributed by atoms with Gasteiger partial charge in [0.2, 0.25) is 5.91 Å². The van der Waals surface area contributed by atoms with E-state index < -0.39 is 15.4 Å². The first-order chi connectivity index (χ1) is 11.3. The molecule has 2 aliphatic heterocycles. The monoisotopic (exact) mass is 373 g/mol. The minimum Gasteiger partial charge on any atom is -0.489 e. The zero-order chi connectivity index (χ0) is 17.4. The quantitative estimate of drug-likeness (QED) is 0.872. The van der Waals surface area contributed by atoms with Gasteiger partial charge >= 0.3 is 0 Å². The highest BCUT2D eigenvalue weighted by atomic mass is 35.5. The molecule has 0 unspecified atom stereocenters. The first kappa shape index (κ1) is 17.4.